The van der Waals surface area contributed by atoms with Gasteiger partial charge in [0.2, 0.25) is 0 Å². The molecule has 0 radical (unpaired) electrons. The second-order valence-electron chi connectivity index (χ2n) is 8.05. The zero-order valence-corrected chi connectivity index (χ0v) is 20.6. The van der Waals surface area contributed by atoms with Gasteiger partial charge in [-0.1, -0.05) is 29.4 Å². The Hall–Kier alpha value is -1.71. The molecule has 1 atom stereocenters. The molecule has 3 aromatic rings. The first-order valence-corrected chi connectivity index (χ1v) is 12.8. The summed E-state index contributed by atoms with van der Waals surface area (Å²) in [5, 5.41) is 3.35. The third-order valence-corrected chi connectivity index (χ3v) is 8.42. The van der Waals surface area contributed by atoms with Crippen LogP contribution in [-0.2, 0) is 4.74 Å². The van der Waals surface area contributed by atoms with Crippen molar-refractivity contribution < 1.29 is 4.74 Å². The molecule has 168 valence electrons. The highest BCUT2D eigenvalue weighted by atomic mass is 35.5. The molecular formula is C23H26ClN5OS2. The van der Waals surface area contributed by atoms with Gasteiger partial charge in [0.15, 0.2) is 0 Å². The summed E-state index contributed by atoms with van der Waals surface area (Å²) in [7, 11) is 2.05. The molecule has 9 heteroatoms. The highest BCUT2D eigenvalue weighted by molar-refractivity contribution is 8.15. The number of nitrogens with zero attached hydrogens (tertiary/aromatic N) is 4. The number of fused-ring (bicyclic) bond motifs is 1. The molecule has 1 fully saturated rings. The van der Waals surface area contributed by atoms with E-state index in [9.17, 15) is 0 Å². The first-order chi connectivity index (χ1) is 15.6. The van der Waals surface area contributed by atoms with Crippen LogP contribution >= 0.6 is 35.3 Å². The molecule has 0 aliphatic carbocycles. The van der Waals surface area contributed by atoms with Crippen LogP contribution in [-0.4, -0.2) is 71.6 Å². The summed E-state index contributed by atoms with van der Waals surface area (Å²) < 4.78 is 7.61. The third-order valence-electron chi connectivity index (χ3n) is 5.80. The van der Waals surface area contributed by atoms with Gasteiger partial charge in [-0.2, -0.15) is 0 Å². The van der Waals surface area contributed by atoms with Crippen LogP contribution in [0, 0.1) is 6.92 Å². The number of aryl methyl sites for hydroxylation is 1. The smallest absolute Gasteiger partial charge is 0.144 e. The van der Waals surface area contributed by atoms with Gasteiger partial charge in [-0.15, -0.1) is 0 Å². The fourth-order valence-electron chi connectivity index (χ4n) is 4.09. The summed E-state index contributed by atoms with van der Waals surface area (Å²) in [6, 6.07) is 10.5. The summed E-state index contributed by atoms with van der Waals surface area (Å²) in [5.74, 6) is 0. The van der Waals surface area contributed by atoms with Crippen molar-refractivity contribution in [2.45, 2.75) is 17.1 Å². The van der Waals surface area contributed by atoms with Gasteiger partial charge >= 0.3 is 0 Å². The predicted octanol–water partition coefficient (Wildman–Crippen LogP) is 4.86. The van der Waals surface area contributed by atoms with Crippen LogP contribution < -0.4 is 4.31 Å². The molecule has 2 aliphatic heterocycles. The van der Waals surface area contributed by atoms with Gasteiger partial charge in [-0.05, 0) is 48.7 Å². The van der Waals surface area contributed by atoms with E-state index in [1.54, 1.807) is 18.1 Å². The molecule has 5 rings (SSSR count). The third kappa shape index (κ3) is 4.65. The summed E-state index contributed by atoms with van der Waals surface area (Å²) in [6.07, 6.45) is 1.71. The van der Waals surface area contributed by atoms with E-state index in [2.05, 4.69) is 51.3 Å². The van der Waals surface area contributed by atoms with Gasteiger partial charge in [-0.3, -0.25) is 9.89 Å². The van der Waals surface area contributed by atoms with E-state index in [4.69, 9.17) is 21.3 Å². The van der Waals surface area contributed by atoms with Crippen molar-refractivity contribution in [2.75, 3.05) is 50.7 Å². The second kappa shape index (κ2) is 9.65. The number of ether oxygens (including phenoxy) is 1. The highest BCUT2D eigenvalue weighted by Gasteiger charge is 2.25. The largest absolute Gasteiger partial charge is 0.379 e. The molecule has 0 spiro atoms. The number of aromatic amines is 1. The van der Waals surface area contributed by atoms with Gasteiger partial charge in [-0.25, -0.2) is 4.98 Å². The Morgan fingerprint density at radius 1 is 1.31 bits per heavy atom. The number of hydrogen-bond donors (Lipinski definition) is 1. The predicted molar refractivity (Wildman–Crippen MR) is 137 cm³/mol. The van der Waals surface area contributed by atoms with Crippen molar-refractivity contribution in [1.29, 1.82) is 0 Å². The summed E-state index contributed by atoms with van der Waals surface area (Å²) in [5.41, 5.74) is 4.57. The number of thioether (sulfide) groups is 1. The van der Waals surface area contributed by atoms with E-state index in [1.165, 1.54) is 10.9 Å². The van der Waals surface area contributed by atoms with Gasteiger partial charge in [0.1, 0.15) is 10.2 Å². The van der Waals surface area contributed by atoms with E-state index >= 15 is 0 Å². The van der Waals surface area contributed by atoms with E-state index in [1.807, 2.05) is 23.9 Å². The lowest BCUT2D eigenvalue weighted by atomic mass is 10.1. The maximum absolute atomic E-state index is 6.28. The maximum Gasteiger partial charge on any atom is 0.144 e. The molecule has 6 nitrogen and oxygen atoms in total. The van der Waals surface area contributed by atoms with Gasteiger partial charge in [0, 0.05) is 43.5 Å². The first kappa shape index (κ1) is 22.1. The number of hydrogen-bond acceptors (Lipinski definition) is 7. The van der Waals surface area contributed by atoms with Crippen molar-refractivity contribution in [3.05, 3.63) is 52.9 Å². The minimum Gasteiger partial charge on any atom is -0.379 e. The number of aliphatic imine (C=N–C) groups is 1. The number of H-pyrrole nitrogens is 1. The first-order valence-electron chi connectivity index (χ1n) is 10.7. The number of rotatable bonds is 6. The minimum atomic E-state index is 0.501. The molecule has 0 bridgehead atoms. The van der Waals surface area contributed by atoms with E-state index in [0.29, 0.717) is 10.4 Å². The Labute approximate surface area is 201 Å². The normalized spacial score (nSPS) is 19.5. The lowest BCUT2D eigenvalue weighted by Gasteiger charge is -2.28. The summed E-state index contributed by atoms with van der Waals surface area (Å²) in [4.78, 5) is 16.1. The molecule has 32 heavy (non-hydrogen) atoms. The molecular weight excluding hydrogens is 462 g/mol. The molecule has 1 N–H and O–H groups in total. The summed E-state index contributed by atoms with van der Waals surface area (Å²) in [6.45, 7) is 7.80. The molecule has 1 saturated heterocycles. The van der Waals surface area contributed by atoms with Crippen LogP contribution in [0.15, 0.2) is 46.4 Å². The standard InChI is InChI=1S/C23H26ClN5OS2/c1-15-5-6-19(28(2)32-20-4-3-7-25-22(20)24)21-17(15)12-18(27-21)23-26-13-16(31-23)14-29-8-10-30-11-9-29/h3-7,12,16,27H,8-11,13-14H2,1-2H3. The Morgan fingerprint density at radius 2 is 2.16 bits per heavy atom. The Kier molecular flexibility index (Phi) is 6.66. The summed E-state index contributed by atoms with van der Waals surface area (Å²) >= 11 is 9.74. The van der Waals surface area contributed by atoms with Crippen molar-refractivity contribution in [3.63, 3.8) is 0 Å². The SMILES string of the molecule is Cc1ccc(N(C)Sc2cccnc2Cl)c2[nH]c(C3=NCC(CN4CCOCC4)S3)cc12. The van der Waals surface area contributed by atoms with Crippen molar-refractivity contribution in [3.8, 4) is 0 Å². The van der Waals surface area contributed by atoms with E-state index in [0.717, 1.165) is 66.2 Å². The van der Waals surface area contributed by atoms with Crippen molar-refractivity contribution in [2.24, 2.45) is 4.99 Å². The quantitative estimate of drug-likeness (QED) is 0.395. The maximum atomic E-state index is 6.28. The Balaban J connectivity index is 1.36. The minimum absolute atomic E-state index is 0.501. The number of nitrogens with one attached hydrogen (secondary N) is 1. The highest BCUT2D eigenvalue weighted by Crippen LogP contribution is 2.37. The topological polar surface area (TPSA) is 56.8 Å². The van der Waals surface area contributed by atoms with Crippen LogP contribution in [0.25, 0.3) is 10.9 Å². The van der Waals surface area contributed by atoms with E-state index in [-0.39, 0.29) is 0 Å². The Morgan fingerprint density at radius 3 is 2.97 bits per heavy atom. The van der Waals surface area contributed by atoms with Crippen LogP contribution in [0.5, 0.6) is 0 Å². The van der Waals surface area contributed by atoms with Crippen LogP contribution in [0.1, 0.15) is 11.3 Å². The molecule has 4 heterocycles. The molecule has 2 aromatic heterocycles. The van der Waals surface area contributed by atoms with Gasteiger partial charge in [0.25, 0.3) is 0 Å². The fraction of sp³-hybridized carbons (Fsp3) is 0.391. The van der Waals surface area contributed by atoms with Gasteiger partial charge < -0.3 is 14.0 Å². The number of morpholine rings is 1. The Bertz CT molecular complexity index is 1140. The lowest BCUT2D eigenvalue weighted by molar-refractivity contribution is 0.0385. The average Bonchev–Trinajstić information content (AvgIpc) is 3.44. The zero-order chi connectivity index (χ0) is 22.1. The van der Waals surface area contributed by atoms with Crippen LogP contribution in [0.3, 0.4) is 0 Å². The fourth-order valence-corrected chi connectivity index (χ4v) is 6.26. The van der Waals surface area contributed by atoms with E-state index < -0.39 is 0 Å². The zero-order valence-electron chi connectivity index (χ0n) is 18.2. The second-order valence-corrected chi connectivity index (χ2v) is 10.9. The van der Waals surface area contributed by atoms with Gasteiger partial charge in [0.05, 0.1) is 41.6 Å². The molecule has 1 aromatic carbocycles. The molecule has 2 aliphatic rings. The number of aromatic nitrogens is 2. The number of pyridine rings is 1. The molecule has 0 saturated carbocycles. The van der Waals surface area contributed by atoms with Crippen LogP contribution in [0.4, 0.5) is 5.69 Å². The molecule has 1 unspecified atom stereocenters. The number of anilines is 1. The number of halogens is 1. The lowest BCUT2D eigenvalue weighted by Crippen LogP contribution is -2.40. The average molecular weight is 488 g/mol. The monoisotopic (exact) mass is 487 g/mol. The number of benzene rings is 1. The van der Waals surface area contributed by atoms with Crippen molar-refractivity contribution >= 4 is 56.9 Å². The molecule has 0 amide bonds. The van der Waals surface area contributed by atoms with Crippen molar-refractivity contribution in [1.82, 2.24) is 14.9 Å². The van der Waals surface area contributed by atoms with Crippen LogP contribution in [0.2, 0.25) is 5.15 Å².